The number of aliphatic carboxylic acids is 1. The molecule has 0 spiro atoms. The number of likely N-dealkylation sites (N-methyl/N-ethyl adjacent to an activating group) is 1. The zero-order valence-electron chi connectivity index (χ0n) is 8.11. The Morgan fingerprint density at radius 3 is 2.67 bits per heavy atom. The van der Waals surface area contributed by atoms with Crippen molar-refractivity contribution >= 4 is 11.9 Å². The zero-order valence-corrected chi connectivity index (χ0v) is 8.11. The van der Waals surface area contributed by atoms with Gasteiger partial charge in [0.25, 0.3) is 5.91 Å². The molecule has 1 aromatic rings. The molecule has 0 aliphatic carbocycles. The minimum Gasteiger partial charge on any atom is -0.480 e. The van der Waals surface area contributed by atoms with Crippen molar-refractivity contribution in [1.29, 1.82) is 0 Å². The van der Waals surface area contributed by atoms with Gasteiger partial charge < -0.3 is 10.0 Å². The second-order valence-electron chi connectivity index (χ2n) is 3.07. The van der Waals surface area contributed by atoms with Crippen LogP contribution in [0.4, 0.5) is 4.39 Å². The van der Waals surface area contributed by atoms with Crippen molar-refractivity contribution < 1.29 is 19.1 Å². The molecule has 0 bridgehead atoms. The summed E-state index contributed by atoms with van der Waals surface area (Å²) in [5.41, 5.74) is 0.138. The third-order valence-electron chi connectivity index (χ3n) is 1.79. The summed E-state index contributed by atoms with van der Waals surface area (Å²) in [6.45, 7) is -0.407. The largest absolute Gasteiger partial charge is 0.480 e. The second kappa shape index (κ2) is 4.54. The summed E-state index contributed by atoms with van der Waals surface area (Å²) in [4.78, 5) is 22.9. The molecule has 0 atom stereocenters. The van der Waals surface area contributed by atoms with Crippen molar-refractivity contribution in [3.63, 3.8) is 0 Å². The summed E-state index contributed by atoms with van der Waals surface area (Å²) in [7, 11) is 1.35. The summed E-state index contributed by atoms with van der Waals surface area (Å²) in [6.07, 6.45) is 0. The highest BCUT2D eigenvalue weighted by molar-refractivity contribution is 5.95. The minimum absolute atomic E-state index is 0.138. The van der Waals surface area contributed by atoms with E-state index in [4.69, 9.17) is 5.11 Å². The predicted octanol–water partition coefficient (Wildman–Crippen LogP) is 0.982. The number of nitrogens with zero attached hydrogens (tertiary/aromatic N) is 1. The molecule has 80 valence electrons. The maximum absolute atomic E-state index is 12.8. The molecule has 5 heteroatoms. The van der Waals surface area contributed by atoms with E-state index < -0.39 is 24.2 Å². The molecule has 15 heavy (non-hydrogen) atoms. The average Bonchev–Trinajstić information content (AvgIpc) is 2.15. The molecule has 0 saturated carbocycles. The molecule has 1 amide bonds. The van der Waals surface area contributed by atoms with E-state index in [9.17, 15) is 14.0 Å². The number of benzene rings is 1. The SMILES string of the molecule is CN(CC(=O)O)C(=O)c1cccc(F)c1. The normalized spacial score (nSPS) is 9.73. The molecule has 0 aliphatic heterocycles. The van der Waals surface area contributed by atoms with Crippen LogP contribution in [-0.2, 0) is 4.79 Å². The number of carbonyl (C=O) groups excluding carboxylic acids is 1. The first-order valence-corrected chi connectivity index (χ1v) is 4.23. The Morgan fingerprint density at radius 2 is 2.13 bits per heavy atom. The first-order valence-electron chi connectivity index (χ1n) is 4.23. The predicted molar refractivity (Wildman–Crippen MR) is 51.0 cm³/mol. The van der Waals surface area contributed by atoms with Gasteiger partial charge in [-0.25, -0.2) is 4.39 Å². The van der Waals surface area contributed by atoms with E-state index in [1.165, 1.54) is 25.2 Å². The number of carboxylic acids is 1. The van der Waals surface area contributed by atoms with E-state index in [2.05, 4.69) is 0 Å². The van der Waals surface area contributed by atoms with E-state index in [0.29, 0.717) is 0 Å². The fourth-order valence-corrected chi connectivity index (χ4v) is 1.12. The molecule has 0 heterocycles. The van der Waals surface area contributed by atoms with Crippen LogP contribution in [0.15, 0.2) is 24.3 Å². The summed E-state index contributed by atoms with van der Waals surface area (Å²) in [6, 6.07) is 5.12. The Hall–Kier alpha value is -1.91. The van der Waals surface area contributed by atoms with E-state index in [1.807, 2.05) is 0 Å². The van der Waals surface area contributed by atoms with E-state index in [0.717, 1.165) is 11.0 Å². The van der Waals surface area contributed by atoms with E-state index in [-0.39, 0.29) is 5.56 Å². The molecule has 0 aromatic heterocycles. The summed E-state index contributed by atoms with van der Waals surface area (Å²) < 4.78 is 12.8. The van der Waals surface area contributed by atoms with Gasteiger partial charge in [-0.15, -0.1) is 0 Å². The standard InChI is InChI=1S/C10H10FNO3/c1-12(6-9(13)14)10(15)7-3-2-4-8(11)5-7/h2-5H,6H2,1H3,(H,13,14). The zero-order chi connectivity index (χ0) is 11.4. The van der Waals surface area contributed by atoms with Gasteiger partial charge in [0.1, 0.15) is 12.4 Å². The van der Waals surface area contributed by atoms with Crippen molar-refractivity contribution in [2.45, 2.75) is 0 Å². The summed E-state index contributed by atoms with van der Waals surface area (Å²) in [5, 5.41) is 8.47. The van der Waals surface area contributed by atoms with Crippen LogP contribution in [0.25, 0.3) is 0 Å². The molecule has 0 aliphatic rings. The van der Waals surface area contributed by atoms with Crippen LogP contribution in [0.1, 0.15) is 10.4 Å². The molecule has 1 rings (SSSR count). The molecule has 0 fully saturated rings. The van der Waals surface area contributed by atoms with Crippen LogP contribution in [-0.4, -0.2) is 35.5 Å². The smallest absolute Gasteiger partial charge is 0.323 e. The fraction of sp³-hybridized carbons (Fsp3) is 0.200. The van der Waals surface area contributed by atoms with Gasteiger partial charge >= 0.3 is 5.97 Å². The van der Waals surface area contributed by atoms with Crippen molar-refractivity contribution in [1.82, 2.24) is 4.90 Å². The van der Waals surface area contributed by atoms with Crippen LogP contribution in [0.5, 0.6) is 0 Å². The quantitative estimate of drug-likeness (QED) is 0.810. The summed E-state index contributed by atoms with van der Waals surface area (Å²) in [5.74, 6) is -2.15. The van der Waals surface area contributed by atoms with Gasteiger partial charge in [-0.3, -0.25) is 9.59 Å². The molecule has 1 N–H and O–H groups in total. The van der Waals surface area contributed by atoms with Gasteiger partial charge in [-0.05, 0) is 18.2 Å². The second-order valence-corrected chi connectivity index (χ2v) is 3.07. The van der Waals surface area contributed by atoms with Crippen molar-refractivity contribution in [2.75, 3.05) is 13.6 Å². The van der Waals surface area contributed by atoms with Crippen LogP contribution in [0.3, 0.4) is 0 Å². The highest BCUT2D eigenvalue weighted by atomic mass is 19.1. The van der Waals surface area contributed by atoms with Crippen molar-refractivity contribution in [3.8, 4) is 0 Å². The van der Waals surface area contributed by atoms with E-state index in [1.54, 1.807) is 0 Å². The molecular weight excluding hydrogens is 201 g/mol. The minimum atomic E-state index is -1.11. The number of amides is 1. The third-order valence-corrected chi connectivity index (χ3v) is 1.79. The Balaban J connectivity index is 2.80. The van der Waals surface area contributed by atoms with Gasteiger partial charge in [-0.2, -0.15) is 0 Å². The Labute approximate surface area is 85.9 Å². The van der Waals surface area contributed by atoms with E-state index >= 15 is 0 Å². The highest BCUT2D eigenvalue weighted by Gasteiger charge is 2.14. The monoisotopic (exact) mass is 211 g/mol. The van der Waals surface area contributed by atoms with Gasteiger partial charge in [0.05, 0.1) is 0 Å². The number of hydrogen-bond donors (Lipinski definition) is 1. The number of rotatable bonds is 3. The Kier molecular flexibility index (Phi) is 3.38. The van der Waals surface area contributed by atoms with Crippen LogP contribution in [0, 0.1) is 5.82 Å². The lowest BCUT2D eigenvalue weighted by Crippen LogP contribution is -2.31. The fourth-order valence-electron chi connectivity index (χ4n) is 1.12. The maximum atomic E-state index is 12.8. The number of carbonyl (C=O) groups is 2. The third kappa shape index (κ3) is 3.05. The lowest BCUT2D eigenvalue weighted by atomic mass is 10.2. The molecular formula is C10H10FNO3. The van der Waals surface area contributed by atoms with Gasteiger partial charge in [0.15, 0.2) is 0 Å². The number of halogens is 1. The van der Waals surface area contributed by atoms with Gasteiger partial charge in [-0.1, -0.05) is 6.07 Å². The lowest BCUT2D eigenvalue weighted by Gasteiger charge is -2.14. The average molecular weight is 211 g/mol. The number of hydrogen-bond acceptors (Lipinski definition) is 2. The Bertz CT molecular complexity index is 392. The van der Waals surface area contributed by atoms with Crippen molar-refractivity contribution in [2.24, 2.45) is 0 Å². The molecule has 0 radical (unpaired) electrons. The van der Waals surface area contributed by atoms with Crippen LogP contribution < -0.4 is 0 Å². The first-order chi connectivity index (χ1) is 7.00. The van der Waals surface area contributed by atoms with Crippen molar-refractivity contribution in [3.05, 3.63) is 35.6 Å². The molecule has 4 nitrogen and oxygen atoms in total. The molecule has 0 unspecified atom stereocenters. The highest BCUT2D eigenvalue weighted by Crippen LogP contribution is 2.06. The Morgan fingerprint density at radius 1 is 1.47 bits per heavy atom. The van der Waals surface area contributed by atoms with Gasteiger partial charge in [0, 0.05) is 12.6 Å². The topological polar surface area (TPSA) is 57.6 Å². The molecule has 1 aromatic carbocycles. The maximum Gasteiger partial charge on any atom is 0.323 e. The summed E-state index contributed by atoms with van der Waals surface area (Å²) >= 11 is 0. The number of carboxylic acid groups (broad SMARTS) is 1. The van der Waals surface area contributed by atoms with Gasteiger partial charge in [0.2, 0.25) is 0 Å². The first kappa shape index (κ1) is 11.2. The van der Waals surface area contributed by atoms with Crippen LogP contribution >= 0.6 is 0 Å². The molecule has 0 saturated heterocycles. The lowest BCUT2D eigenvalue weighted by molar-refractivity contribution is -0.137. The van der Waals surface area contributed by atoms with Crippen LogP contribution in [0.2, 0.25) is 0 Å².